The van der Waals surface area contributed by atoms with Gasteiger partial charge in [-0.1, -0.05) is 0 Å². The predicted octanol–water partition coefficient (Wildman–Crippen LogP) is 3.82. The number of ether oxygens (including phenoxy) is 1. The number of nitrogen functional groups attached to an aromatic ring is 1. The fourth-order valence-electron chi connectivity index (χ4n) is 3.56. The monoisotopic (exact) mass is 536 g/mol. The maximum atomic E-state index is 14.8. The Hall–Kier alpha value is -4.46. The zero-order chi connectivity index (χ0) is 27.1. The van der Waals surface area contributed by atoms with E-state index >= 15 is 0 Å². The van der Waals surface area contributed by atoms with Crippen LogP contribution >= 0.6 is 11.3 Å². The van der Waals surface area contributed by atoms with Gasteiger partial charge in [-0.3, -0.25) is 19.1 Å². The van der Waals surface area contributed by atoms with Crippen molar-refractivity contribution in [3.8, 4) is 28.4 Å². The van der Waals surface area contributed by atoms with Gasteiger partial charge in [0.05, 0.1) is 17.8 Å². The summed E-state index contributed by atoms with van der Waals surface area (Å²) in [5.41, 5.74) is 1.32. The van der Waals surface area contributed by atoms with Crippen LogP contribution in [0.3, 0.4) is 0 Å². The van der Waals surface area contributed by atoms with E-state index in [1.807, 2.05) is 0 Å². The number of carboxylic acids is 1. The minimum atomic E-state index is -4.99. The Morgan fingerprint density at radius 2 is 1.92 bits per heavy atom. The molecule has 0 fully saturated rings. The number of pyridine rings is 1. The second-order valence-corrected chi connectivity index (χ2v) is 8.66. The van der Waals surface area contributed by atoms with Gasteiger partial charge >= 0.3 is 17.8 Å². The number of aliphatic carboxylic acids is 1. The standard InChI is InChI=1S/C23H16F4N4O5S/c1-30-18(23(25,26)27)10-19(32)31(22(30)35)14-8-16(13(28)7-12(14)24)36-15-3-2-5-29-21(15)11-4-6-37-17(11)9-20(33)34/h2-8,10H,9,28H2,1H3,(H,33,34). The van der Waals surface area contributed by atoms with Crippen molar-refractivity contribution >= 4 is 23.0 Å². The first-order chi connectivity index (χ1) is 17.4. The molecule has 0 unspecified atom stereocenters. The van der Waals surface area contributed by atoms with E-state index < -0.39 is 40.6 Å². The summed E-state index contributed by atoms with van der Waals surface area (Å²) in [7, 11) is 0.797. The number of alkyl halides is 3. The number of anilines is 1. The Labute approximate surface area is 208 Å². The zero-order valence-electron chi connectivity index (χ0n) is 18.7. The molecule has 0 aliphatic heterocycles. The van der Waals surface area contributed by atoms with Gasteiger partial charge in [-0.05, 0) is 23.6 Å². The Bertz CT molecular complexity index is 1640. The number of carboxylic acid groups (broad SMARTS) is 1. The topological polar surface area (TPSA) is 129 Å². The highest BCUT2D eigenvalue weighted by atomic mass is 32.1. The van der Waals surface area contributed by atoms with Crippen LogP contribution in [-0.4, -0.2) is 25.2 Å². The van der Waals surface area contributed by atoms with Crippen molar-refractivity contribution < 1.29 is 32.2 Å². The number of rotatable bonds is 6. The van der Waals surface area contributed by atoms with E-state index in [4.69, 9.17) is 10.5 Å². The van der Waals surface area contributed by atoms with E-state index in [9.17, 15) is 37.1 Å². The number of hydrogen-bond donors (Lipinski definition) is 2. The summed E-state index contributed by atoms with van der Waals surface area (Å²) in [4.78, 5) is 41.0. The molecule has 0 spiro atoms. The summed E-state index contributed by atoms with van der Waals surface area (Å²) in [6.45, 7) is 0. The van der Waals surface area contributed by atoms with Crippen LogP contribution < -0.4 is 21.7 Å². The normalized spacial score (nSPS) is 11.5. The number of hydrogen-bond acceptors (Lipinski definition) is 7. The van der Waals surface area contributed by atoms with E-state index in [-0.39, 0.29) is 44.5 Å². The average Bonchev–Trinajstić information content (AvgIpc) is 3.26. The average molecular weight is 536 g/mol. The van der Waals surface area contributed by atoms with Crippen LogP contribution in [-0.2, 0) is 24.4 Å². The second kappa shape index (κ2) is 9.54. The Balaban J connectivity index is 1.83. The van der Waals surface area contributed by atoms with Gasteiger partial charge in [-0.25, -0.2) is 13.8 Å². The lowest BCUT2D eigenvalue weighted by Gasteiger charge is -2.16. The van der Waals surface area contributed by atoms with Crippen LogP contribution in [0.1, 0.15) is 10.6 Å². The van der Waals surface area contributed by atoms with Crippen molar-refractivity contribution in [3.05, 3.63) is 85.2 Å². The molecule has 9 nitrogen and oxygen atoms in total. The van der Waals surface area contributed by atoms with E-state index in [0.29, 0.717) is 10.4 Å². The summed E-state index contributed by atoms with van der Waals surface area (Å²) >= 11 is 1.19. The lowest BCUT2D eigenvalue weighted by molar-refractivity contribution is -0.144. The highest BCUT2D eigenvalue weighted by molar-refractivity contribution is 7.10. The van der Waals surface area contributed by atoms with E-state index in [1.165, 1.54) is 29.7 Å². The molecule has 0 saturated heterocycles. The second-order valence-electron chi connectivity index (χ2n) is 7.66. The highest BCUT2D eigenvalue weighted by Crippen LogP contribution is 2.38. The van der Waals surface area contributed by atoms with Crippen molar-refractivity contribution in [3.63, 3.8) is 0 Å². The molecule has 192 valence electrons. The number of halogens is 4. The molecule has 37 heavy (non-hydrogen) atoms. The molecular weight excluding hydrogens is 520 g/mol. The van der Waals surface area contributed by atoms with Gasteiger partial charge in [0.2, 0.25) is 0 Å². The number of carbonyl (C=O) groups is 1. The molecule has 14 heteroatoms. The van der Waals surface area contributed by atoms with Gasteiger partial charge < -0.3 is 15.6 Å². The fourth-order valence-corrected chi connectivity index (χ4v) is 4.42. The van der Waals surface area contributed by atoms with Crippen molar-refractivity contribution in [1.29, 1.82) is 0 Å². The predicted molar refractivity (Wildman–Crippen MR) is 126 cm³/mol. The Morgan fingerprint density at radius 1 is 1.19 bits per heavy atom. The Kier molecular flexibility index (Phi) is 6.61. The van der Waals surface area contributed by atoms with E-state index in [2.05, 4.69) is 4.98 Å². The van der Waals surface area contributed by atoms with Crippen molar-refractivity contribution in [2.24, 2.45) is 7.05 Å². The van der Waals surface area contributed by atoms with Gasteiger partial charge in [0.25, 0.3) is 5.56 Å². The van der Waals surface area contributed by atoms with Crippen LogP contribution in [0.2, 0.25) is 0 Å². The number of aromatic nitrogens is 3. The molecule has 3 heterocycles. The van der Waals surface area contributed by atoms with Crippen molar-refractivity contribution in [2.75, 3.05) is 5.73 Å². The SMILES string of the molecule is Cn1c(C(F)(F)F)cc(=O)n(-c2cc(Oc3cccnc3-c3ccsc3CC(=O)O)c(N)cc2F)c1=O. The van der Waals surface area contributed by atoms with E-state index in [1.54, 1.807) is 11.4 Å². The van der Waals surface area contributed by atoms with Gasteiger partial charge in [0.1, 0.15) is 17.2 Å². The molecule has 3 N–H and O–H groups in total. The molecular formula is C23H16F4N4O5S. The molecule has 1 aromatic carbocycles. The molecule has 4 aromatic rings. The fraction of sp³-hybridized carbons (Fsp3) is 0.130. The van der Waals surface area contributed by atoms with Crippen LogP contribution in [0.25, 0.3) is 16.9 Å². The number of nitrogens with zero attached hydrogens (tertiary/aromatic N) is 3. The molecule has 3 aromatic heterocycles. The molecule has 0 aliphatic rings. The maximum Gasteiger partial charge on any atom is 0.431 e. The number of thiophene rings is 1. The van der Waals surface area contributed by atoms with Gasteiger partial charge in [-0.15, -0.1) is 11.3 Å². The third-order valence-corrected chi connectivity index (χ3v) is 6.15. The minimum absolute atomic E-state index is 0.0875. The quantitative estimate of drug-likeness (QED) is 0.283. The molecule has 0 atom stereocenters. The van der Waals surface area contributed by atoms with Crippen LogP contribution in [0.15, 0.2) is 57.6 Å². The highest BCUT2D eigenvalue weighted by Gasteiger charge is 2.35. The smallest absolute Gasteiger partial charge is 0.431 e. The van der Waals surface area contributed by atoms with Gasteiger partial charge in [0, 0.05) is 41.9 Å². The number of nitrogens with two attached hydrogens (primary N) is 1. The molecule has 0 saturated carbocycles. The maximum absolute atomic E-state index is 14.8. The molecule has 0 aliphatic carbocycles. The van der Waals surface area contributed by atoms with Gasteiger partial charge in [-0.2, -0.15) is 13.2 Å². The van der Waals surface area contributed by atoms with Crippen molar-refractivity contribution in [2.45, 2.75) is 12.6 Å². The van der Waals surface area contributed by atoms with Crippen LogP contribution in [0.4, 0.5) is 23.2 Å². The zero-order valence-corrected chi connectivity index (χ0v) is 19.6. The van der Waals surface area contributed by atoms with E-state index in [0.717, 1.165) is 19.2 Å². The lowest BCUT2D eigenvalue weighted by atomic mass is 10.1. The summed E-state index contributed by atoms with van der Waals surface area (Å²) in [5, 5.41) is 10.8. The molecule has 0 bridgehead atoms. The van der Waals surface area contributed by atoms with Crippen molar-refractivity contribution in [1.82, 2.24) is 14.1 Å². The van der Waals surface area contributed by atoms with Gasteiger partial charge in [0.15, 0.2) is 11.5 Å². The summed E-state index contributed by atoms with van der Waals surface area (Å²) in [6.07, 6.45) is -3.82. The largest absolute Gasteiger partial charge is 0.481 e. The molecule has 4 rings (SSSR count). The third kappa shape index (κ3) is 4.95. The first kappa shape index (κ1) is 25.6. The minimum Gasteiger partial charge on any atom is -0.481 e. The Morgan fingerprint density at radius 3 is 2.59 bits per heavy atom. The van der Waals surface area contributed by atoms with Crippen LogP contribution in [0, 0.1) is 5.82 Å². The summed E-state index contributed by atoms with van der Waals surface area (Å²) in [5.74, 6) is -2.35. The first-order valence-corrected chi connectivity index (χ1v) is 11.2. The first-order valence-electron chi connectivity index (χ1n) is 10.3. The lowest BCUT2D eigenvalue weighted by Crippen LogP contribution is -2.41. The molecule has 0 radical (unpaired) electrons. The summed E-state index contributed by atoms with van der Waals surface area (Å²) in [6, 6.07) is 6.48. The molecule has 0 amide bonds. The van der Waals surface area contributed by atoms with Crippen LogP contribution in [0.5, 0.6) is 11.5 Å². The third-order valence-electron chi connectivity index (χ3n) is 5.23. The number of benzene rings is 1. The summed E-state index contributed by atoms with van der Waals surface area (Å²) < 4.78 is 60.6.